The SMILES string of the molecule is CN(C)C(=O)O/C(=C\C(=O)N1CCC[C@@H]1CC(c1ccc(F)cc1)c1ccc(F)cc1)C(=O)C=N. The minimum absolute atomic E-state index is 0.222. The van der Waals surface area contributed by atoms with Gasteiger partial charge in [-0.2, -0.15) is 0 Å². The van der Waals surface area contributed by atoms with Crippen LogP contribution >= 0.6 is 0 Å². The van der Waals surface area contributed by atoms with E-state index in [1.54, 1.807) is 29.2 Å². The highest BCUT2D eigenvalue weighted by Gasteiger charge is 2.32. The number of carbonyl (C=O) groups excluding carboxylic acids is 3. The van der Waals surface area contributed by atoms with Gasteiger partial charge in [-0.25, -0.2) is 13.6 Å². The standard InChI is InChI=1S/C26H27F2N3O4/c1-30(2)26(34)35-24(23(32)16-29)15-25(33)31-13-3-4-21(31)14-22(17-5-9-19(27)10-6-17)18-7-11-20(28)12-8-18/h5-12,15-16,21-22,29H,3-4,13-14H2,1-2H3/b24-15-,29-16?/t21-/m1/s1. The van der Waals surface area contributed by atoms with E-state index in [2.05, 4.69) is 0 Å². The van der Waals surface area contributed by atoms with Crippen LogP contribution in [0.1, 0.15) is 36.3 Å². The molecule has 0 radical (unpaired) electrons. The summed E-state index contributed by atoms with van der Waals surface area (Å²) < 4.78 is 32.1. The van der Waals surface area contributed by atoms with E-state index < -0.39 is 23.5 Å². The largest absolute Gasteiger partial charge is 0.414 e. The summed E-state index contributed by atoms with van der Waals surface area (Å²) in [5.41, 5.74) is 1.65. The molecule has 184 valence electrons. The number of carbonyl (C=O) groups is 3. The molecule has 1 N–H and O–H groups in total. The second-order valence-corrected chi connectivity index (χ2v) is 8.50. The van der Waals surface area contributed by atoms with E-state index in [0.717, 1.165) is 28.5 Å². The number of hydrogen-bond donors (Lipinski definition) is 1. The Bertz CT molecular complexity index is 1070. The summed E-state index contributed by atoms with van der Waals surface area (Å²) in [4.78, 5) is 39.8. The second kappa shape index (κ2) is 11.5. The van der Waals surface area contributed by atoms with Gasteiger partial charge in [0.25, 0.3) is 5.91 Å². The molecule has 35 heavy (non-hydrogen) atoms. The highest BCUT2D eigenvalue weighted by Crippen LogP contribution is 2.34. The summed E-state index contributed by atoms with van der Waals surface area (Å²) in [7, 11) is 2.86. The number of allylic oxidation sites excluding steroid dienone is 1. The first-order chi connectivity index (χ1) is 16.7. The average Bonchev–Trinajstić information content (AvgIpc) is 3.31. The molecule has 0 aromatic heterocycles. The fourth-order valence-electron chi connectivity index (χ4n) is 4.10. The highest BCUT2D eigenvalue weighted by atomic mass is 19.1. The first-order valence-electron chi connectivity index (χ1n) is 11.2. The van der Waals surface area contributed by atoms with Gasteiger partial charge < -0.3 is 19.9 Å². The molecule has 9 heteroatoms. The van der Waals surface area contributed by atoms with Gasteiger partial charge >= 0.3 is 6.09 Å². The molecule has 3 rings (SSSR count). The molecule has 1 atom stereocenters. The van der Waals surface area contributed by atoms with E-state index in [1.807, 2.05) is 0 Å². The van der Waals surface area contributed by atoms with Crippen molar-refractivity contribution in [3.8, 4) is 0 Å². The molecule has 2 aromatic rings. The Morgan fingerprint density at radius 3 is 2.09 bits per heavy atom. The van der Waals surface area contributed by atoms with Gasteiger partial charge in [-0.1, -0.05) is 24.3 Å². The maximum Gasteiger partial charge on any atom is 0.414 e. The van der Waals surface area contributed by atoms with E-state index >= 15 is 0 Å². The molecule has 0 saturated carbocycles. The topological polar surface area (TPSA) is 90.8 Å². The smallest absolute Gasteiger partial charge is 0.406 e. The number of halogens is 2. The van der Waals surface area contributed by atoms with Crippen LogP contribution in [0.2, 0.25) is 0 Å². The molecule has 0 unspecified atom stereocenters. The minimum atomic E-state index is -0.903. The van der Waals surface area contributed by atoms with Crippen LogP contribution in [0.4, 0.5) is 13.6 Å². The van der Waals surface area contributed by atoms with Crippen molar-refractivity contribution in [1.82, 2.24) is 9.80 Å². The van der Waals surface area contributed by atoms with E-state index in [4.69, 9.17) is 10.1 Å². The second-order valence-electron chi connectivity index (χ2n) is 8.50. The monoisotopic (exact) mass is 483 g/mol. The molecule has 1 fully saturated rings. The van der Waals surface area contributed by atoms with Gasteiger partial charge in [0.1, 0.15) is 11.6 Å². The third-order valence-electron chi connectivity index (χ3n) is 5.90. The maximum absolute atomic E-state index is 13.5. The summed E-state index contributed by atoms with van der Waals surface area (Å²) >= 11 is 0. The number of nitrogens with one attached hydrogen (secondary N) is 1. The van der Waals surface area contributed by atoms with Gasteiger partial charge in [0.2, 0.25) is 5.78 Å². The van der Waals surface area contributed by atoms with Gasteiger partial charge in [-0.05, 0) is 54.7 Å². The molecule has 1 aliphatic rings. The number of likely N-dealkylation sites (tertiary alicyclic amines) is 1. The first kappa shape index (κ1) is 25.7. The van der Waals surface area contributed by atoms with Crippen LogP contribution in [-0.2, 0) is 14.3 Å². The lowest BCUT2D eigenvalue weighted by molar-refractivity contribution is -0.127. The predicted octanol–water partition coefficient (Wildman–Crippen LogP) is 4.28. The Morgan fingerprint density at radius 1 is 1.06 bits per heavy atom. The molecule has 7 nitrogen and oxygen atoms in total. The van der Waals surface area contributed by atoms with E-state index in [-0.39, 0.29) is 23.6 Å². The third kappa shape index (κ3) is 6.59. The van der Waals surface area contributed by atoms with E-state index in [0.29, 0.717) is 25.6 Å². The number of benzene rings is 2. The first-order valence-corrected chi connectivity index (χ1v) is 11.2. The third-order valence-corrected chi connectivity index (χ3v) is 5.90. The molecule has 1 saturated heterocycles. The Morgan fingerprint density at radius 2 is 1.60 bits per heavy atom. The van der Waals surface area contributed by atoms with Crippen LogP contribution < -0.4 is 0 Å². The van der Waals surface area contributed by atoms with Crippen molar-refractivity contribution in [3.63, 3.8) is 0 Å². The van der Waals surface area contributed by atoms with Crippen LogP contribution in [0.3, 0.4) is 0 Å². The maximum atomic E-state index is 13.5. The molecule has 0 spiro atoms. The van der Waals surface area contributed by atoms with Gasteiger partial charge in [0.05, 0.1) is 12.3 Å². The van der Waals surface area contributed by atoms with Gasteiger partial charge in [0.15, 0.2) is 5.76 Å². The van der Waals surface area contributed by atoms with Crippen LogP contribution in [0.25, 0.3) is 0 Å². The predicted molar refractivity (Wildman–Crippen MR) is 126 cm³/mol. The summed E-state index contributed by atoms with van der Waals surface area (Å²) in [6.07, 6.45) is 2.49. The summed E-state index contributed by atoms with van der Waals surface area (Å²) in [5, 5.41) is 7.20. The fraction of sp³-hybridized carbons (Fsp3) is 0.308. The van der Waals surface area contributed by atoms with Crippen molar-refractivity contribution < 1.29 is 27.9 Å². The van der Waals surface area contributed by atoms with Crippen molar-refractivity contribution in [3.05, 3.63) is 83.1 Å². The van der Waals surface area contributed by atoms with Crippen molar-refractivity contribution >= 4 is 24.0 Å². The number of hydrogen-bond acceptors (Lipinski definition) is 5. The number of amides is 2. The summed E-state index contributed by atoms with van der Waals surface area (Å²) in [5.74, 6) is -2.91. The fourth-order valence-corrected chi connectivity index (χ4v) is 4.10. The number of ketones is 1. The molecule has 1 aliphatic heterocycles. The van der Waals surface area contributed by atoms with Crippen molar-refractivity contribution in [2.24, 2.45) is 0 Å². The zero-order valence-electron chi connectivity index (χ0n) is 19.5. The van der Waals surface area contributed by atoms with E-state index in [9.17, 15) is 23.2 Å². The van der Waals surface area contributed by atoms with Crippen LogP contribution in [-0.4, -0.2) is 60.5 Å². The summed E-state index contributed by atoms with van der Waals surface area (Å²) in [6, 6.07) is 11.9. The lowest BCUT2D eigenvalue weighted by Gasteiger charge is -2.28. The van der Waals surface area contributed by atoms with E-state index in [1.165, 1.54) is 38.4 Å². The average molecular weight is 484 g/mol. The zero-order chi connectivity index (χ0) is 25.5. The van der Waals surface area contributed by atoms with Gasteiger partial charge in [-0.3, -0.25) is 9.59 Å². The molecule has 0 bridgehead atoms. The Hall–Kier alpha value is -3.88. The van der Waals surface area contributed by atoms with Crippen molar-refractivity contribution in [1.29, 1.82) is 5.41 Å². The number of nitrogens with zero attached hydrogens (tertiary/aromatic N) is 2. The van der Waals surface area contributed by atoms with Gasteiger partial charge in [0, 0.05) is 32.6 Å². The Kier molecular flexibility index (Phi) is 8.46. The molecule has 0 aliphatic carbocycles. The van der Waals surface area contributed by atoms with Crippen LogP contribution in [0.15, 0.2) is 60.4 Å². The Labute approximate surface area is 202 Å². The molecular formula is C26H27F2N3O4. The van der Waals surface area contributed by atoms with Crippen molar-refractivity contribution in [2.45, 2.75) is 31.2 Å². The zero-order valence-corrected chi connectivity index (χ0v) is 19.5. The lowest BCUT2D eigenvalue weighted by atomic mass is 9.85. The van der Waals surface area contributed by atoms with Crippen LogP contribution in [0.5, 0.6) is 0 Å². The van der Waals surface area contributed by atoms with Crippen molar-refractivity contribution in [2.75, 3.05) is 20.6 Å². The molecule has 1 heterocycles. The molecular weight excluding hydrogens is 456 g/mol. The number of Topliss-reactive ketones (excluding diaryl/α,β-unsaturated/α-hetero) is 1. The van der Waals surface area contributed by atoms with Gasteiger partial charge in [-0.15, -0.1) is 0 Å². The highest BCUT2D eigenvalue weighted by molar-refractivity contribution is 6.34. The quantitative estimate of drug-likeness (QED) is 0.345. The number of rotatable bonds is 8. The Balaban J connectivity index is 1.87. The lowest BCUT2D eigenvalue weighted by Crippen LogP contribution is -2.36. The molecule has 2 aromatic carbocycles. The normalized spacial score (nSPS) is 15.7. The molecule has 2 amide bonds. The van der Waals surface area contributed by atoms with Crippen LogP contribution in [0, 0.1) is 17.0 Å². The number of ether oxygens (including phenoxy) is 1. The minimum Gasteiger partial charge on any atom is -0.406 e. The summed E-state index contributed by atoms with van der Waals surface area (Å²) in [6.45, 7) is 0.438.